The number of amides is 3. The molecule has 1 N–H and O–H groups in total. The molecule has 1 aliphatic heterocycles. The van der Waals surface area contributed by atoms with Gasteiger partial charge in [-0.15, -0.1) is 16.2 Å². The number of anilines is 1. The molecule has 5 rings (SSSR count). The van der Waals surface area contributed by atoms with E-state index in [0.717, 1.165) is 81.9 Å². The van der Waals surface area contributed by atoms with Crippen LogP contribution in [-0.4, -0.2) is 30.3 Å². The van der Waals surface area contributed by atoms with Crippen molar-refractivity contribution in [2.45, 2.75) is 96.4 Å². The van der Waals surface area contributed by atoms with Gasteiger partial charge in [-0.05, 0) is 100 Å². The average molecular weight is 512 g/mol. The molecule has 7 nitrogen and oxygen atoms in total. The van der Waals surface area contributed by atoms with Crippen molar-refractivity contribution in [2.75, 3.05) is 11.4 Å². The summed E-state index contributed by atoms with van der Waals surface area (Å²) < 4.78 is 0. The monoisotopic (exact) mass is 511 g/mol. The van der Waals surface area contributed by atoms with E-state index in [9.17, 15) is 19.3 Å². The van der Waals surface area contributed by atoms with Crippen molar-refractivity contribution in [2.24, 2.45) is 22.4 Å². The molecule has 1 aromatic rings. The van der Waals surface area contributed by atoms with Gasteiger partial charge in [-0.3, -0.25) is 14.4 Å². The summed E-state index contributed by atoms with van der Waals surface area (Å²) in [6.07, 6.45) is 14.1. The summed E-state index contributed by atoms with van der Waals surface area (Å²) in [5.41, 5.74) is 1.77. The number of nitrogens with one attached hydrogen (secondary N) is 1. The second-order valence-corrected chi connectivity index (χ2v) is 12.6. The molecule has 1 aromatic heterocycles. The highest BCUT2D eigenvalue weighted by Crippen LogP contribution is 2.46. The summed E-state index contributed by atoms with van der Waals surface area (Å²) >= 11 is 1.31. The molecule has 0 bridgehead atoms. The van der Waals surface area contributed by atoms with Crippen molar-refractivity contribution >= 4 is 40.3 Å². The maximum Gasteiger partial charge on any atom is 0.328 e. The van der Waals surface area contributed by atoms with Crippen molar-refractivity contribution in [3.63, 3.8) is 0 Å². The predicted molar refractivity (Wildman–Crippen MR) is 142 cm³/mol. The number of nitroso groups, excluding NO2 is 1. The summed E-state index contributed by atoms with van der Waals surface area (Å²) in [4.78, 5) is 53.4. The minimum absolute atomic E-state index is 0.0156. The Hall–Kier alpha value is -2.35. The molecule has 0 aromatic carbocycles. The number of carbonyl (C=O) groups excluding carboxylic acids is 3. The number of hydrogen-bond acceptors (Lipinski definition) is 5. The van der Waals surface area contributed by atoms with E-state index in [1.165, 1.54) is 16.9 Å². The topological polar surface area (TPSA) is 95.9 Å². The molecule has 3 aliphatic carbocycles. The third-order valence-corrected chi connectivity index (χ3v) is 10.2. The molecule has 8 heteroatoms. The normalized spacial score (nSPS) is 30.5. The molecule has 1 saturated heterocycles. The summed E-state index contributed by atoms with van der Waals surface area (Å²) in [5, 5.41) is 5.76. The van der Waals surface area contributed by atoms with Crippen molar-refractivity contribution in [1.29, 1.82) is 0 Å². The van der Waals surface area contributed by atoms with E-state index in [1.54, 1.807) is 0 Å². The van der Waals surface area contributed by atoms with Crippen molar-refractivity contribution in [3.05, 3.63) is 26.8 Å². The Labute approximate surface area is 217 Å². The Morgan fingerprint density at radius 1 is 1.11 bits per heavy atom. The minimum atomic E-state index is -0.786. The quantitative estimate of drug-likeness (QED) is 0.475. The van der Waals surface area contributed by atoms with Gasteiger partial charge in [-0.1, -0.05) is 13.0 Å². The SMILES string of the molecule is CC1CCC(C(=O)N(c2cc(C3=CCCCC3)sc2C(=O)N=O)C2CCC3(CC2)CNC(=O)C3)CC1. The predicted octanol–water partition coefficient (Wildman–Crippen LogP) is 6.22. The number of thiophene rings is 1. The molecule has 194 valence electrons. The van der Waals surface area contributed by atoms with Gasteiger partial charge < -0.3 is 10.2 Å². The van der Waals surface area contributed by atoms with Crippen LogP contribution in [0.5, 0.6) is 0 Å². The van der Waals surface area contributed by atoms with Crippen LogP contribution < -0.4 is 10.2 Å². The standard InChI is InChI=1S/C28H37N3O4S/c1-18-7-9-20(10-8-18)27(34)31(21-11-13-28(14-12-21)16-24(32)29-17-28)22-15-23(19-5-3-2-4-6-19)36-25(22)26(33)30-35/h5,15,18,20-21H,2-4,6-14,16-17H2,1H3,(H,29,32). The lowest BCUT2D eigenvalue weighted by molar-refractivity contribution is -0.124. The second kappa shape index (κ2) is 10.6. The first kappa shape index (κ1) is 25.3. The van der Waals surface area contributed by atoms with Crippen LogP contribution in [0.2, 0.25) is 0 Å². The Kier molecular flexibility index (Phi) is 7.42. The van der Waals surface area contributed by atoms with Crippen LogP contribution in [-0.2, 0) is 9.59 Å². The highest BCUT2D eigenvalue weighted by molar-refractivity contribution is 7.15. The van der Waals surface area contributed by atoms with Crippen LogP contribution in [0.4, 0.5) is 5.69 Å². The Balaban J connectivity index is 1.49. The Morgan fingerprint density at radius 2 is 1.86 bits per heavy atom. The molecule has 36 heavy (non-hydrogen) atoms. The first-order valence-electron chi connectivity index (χ1n) is 13.7. The maximum absolute atomic E-state index is 14.1. The lowest BCUT2D eigenvalue weighted by Crippen LogP contribution is -2.48. The lowest BCUT2D eigenvalue weighted by atomic mass is 9.71. The molecule has 3 fully saturated rings. The first-order valence-corrected chi connectivity index (χ1v) is 14.5. The van der Waals surface area contributed by atoms with Crippen LogP contribution in [0, 0.1) is 22.2 Å². The van der Waals surface area contributed by atoms with Crippen molar-refractivity contribution in [1.82, 2.24) is 5.32 Å². The van der Waals surface area contributed by atoms with Gasteiger partial charge in [-0.25, -0.2) is 0 Å². The minimum Gasteiger partial charge on any atom is -0.356 e. The largest absolute Gasteiger partial charge is 0.356 e. The van der Waals surface area contributed by atoms with Crippen LogP contribution in [0.25, 0.3) is 5.57 Å². The van der Waals surface area contributed by atoms with Gasteiger partial charge in [0.1, 0.15) is 4.88 Å². The molecule has 2 heterocycles. The van der Waals surface area contributed by atoms with Crippen molar-refractivity contribution in [3.8, 4) is 0 Å². The highest BCUT2D eigenvalue weighted by atomic mass is 32.1. The zero-order valence-corrected chi connectivity index (χ0v) is 22.0. The van der Waals surface area contributed by atoms with E-state index in [-0.39, 0.29) is 29.2 Å². The maximum atomic E-state index is 14.1. The smallest absolute Gasteiger partial charge is 0.328 e. The highest BCUT2D eigenvalue weighted by Gasteiger charge is 2.44. The Bertz CT molecular complexity index is 1060. The number of nitrogens with zero attached hydrogens (tertiary/aromatic N) is 2. The number of allylic oxidation sites excluding steroid dienone is 2. The van der Waals surface area contributed by atoms with Gasteiger partial charge in [0, 0.05) is 35.0 Å². The second-order valence-electron chi connectivity index (χ2n) is 11.5. The number of carbonyl (C=O) groups is 3. The number of rotatable bonds is 5. The van der Waals surface area contributed by atoms with E-state index in [1.807, 2.05) is 11.0 Å². The molecule has 0 radical (unpaired) electrons. The van der Waals surface area contributed by atoms with Gasteiger partial charge in [-0.2, -0.15) is 0 Å². The van der Waals surface area contributed by atoms with E-state index in [4.69, 9.17) is 0 Å². The fourth-order valence-corrected chi connectivity index (χ4v) is 7.85. The van der Waals surface area contributed by atoms with Crippen LogP contribution in [0.1, 0.15) is 105 Å². The molecule has 0 atom stereocenters. The first-order chi connectivity index (χ1) is 17.4. The van der Waals surface area contributed by atoms with E-state index < -0.39 is 5.91 Å². The van der Waals surface area contributed by atoms with E-state index >= 15 is 0 Å². The van der Waals surface area contributed by atoms with Gasteiger partial charge in [0.05, 0.1) is 5.69 Å². The van der Waals surface area contributed by atoms with Crippen LogP contribution >= 0.6 is 11.3 Å². The van der Waals surface area contributed by atoms with Crippen LogP contribution in [0.3, 0.4) is 0 Å². The van der Waals surface area contributed by atoms with Gasteiger partial charge in [0.15, 0.2) is 0 Å². The van der Waals surface area contributed by atoms with Crippen molar-refractivity contribution < 1.29 is 14.4 Å². The molecule has 4 aliphatic rings. The van der Waals surface area contributed by atoms with Gasteiger partial charge in [0.25, 0.3) is 0 Å². The lowest BCUT2D eigenvalue weighted by Gasteiger charge is -2.42. The van der Waals surface area contributed by atoms with Gasteiger partial charge >= 0.3 is 5.91 Å². The zero-order valence-electron chi connectivity index (χ0n) is 21.2. The molecular formula is C28H37N3O4S. The van der Waals surface area contributed by atoms with Gasteiger partial charge in [0.2, 0.25) is 11.8 Å². The third kappa shape index (κ3) is 5.06. The summed E-state index contributed by atoms with van der Waals surface area (Å²) in [7, 11) is 0. The summed E-state index contributed by atoms with van der Waals surface area (Å²) in [5.74, 6) is -0.00935. The fraction of sp³-hybridized carbons (Fsp3) is 0.679. The Morgan fingerprint density at radius 3 is 2.47 bits per heavy atom. The fourth-order valence-electron chi connectivity index (χ4n) is 6.75. The molecule has 3 amide bonds. The number of hydrogen-bond donors (Lipinski definition) is 1. The zero-order chi connectivity index (χ0) is 25.3. The van der Waals surface area contributed by atoms with Crippen LogP contribution in [0.15, 0.2) is 17.3 Å². The molecule has 0 unspecified atom stereocenters. The molecule has 2 saturated carbocycles. The summed E-state index contributed by atoms with van der Waals surface area (Å²) in [6.45, 7) is 2.95. The van der Waals surface area contributed by atoms with E-state index in [2.05, 4.69) is 23.5 Å². The summed E-state index contributed by atoms with van der Waals surface area (Å²) in [6, 6.07) is 1.94. The average Bonchev–Trinajstić information content (AvgIpc) is 3.50. The molecule has 1 spiro atoms. The third-order valence-electron chi connectivity index (χ3n) is 9.04. The molecular weight excluding hydrogens is 474 g/mol. The van der Waals surface area contributed by atoms with E-state index in [0.29, 0.717) is 29.4 Å².